The van der Waals surface area contributed by atoms with E-state index in [1.165, 1.54) is 11.5 Å². The number of pyridine rings is 2. The van der Waals surface area contributed by atoms with Crippen LogP contribution in [0.1, 0.15) is 32.8 Å². The predicted molar refractivity (Wildman–Crippen MR) is 97.2 cm³/mol. The molecule has 0 saturated heterocycles. The number of hydrogen-bond donors (Lipinski definition) is 1. The second-order valence-electron chi connectivity index (χ2n) is 5.59. The minimum Gasteiger partial charge on any atom is -0.372 e. The van der Waals surface area contributed by atoms with Gasteiger partial charge in [0.25, 0.3) is 11.1 Å². The van der Waals surface area contributed by atoms with Crippen LogP contribution in [0.25, 0.3) is 15.6 Å². The third-order valence-electron chi connectivity index (χ3n) is 4.25. The van der Waals surface area contributed by atoms with Gasteiger partial charge in [-0.25, -0.2) is 0 Å². The van der Waals surface area contributed by atoms with Crippen LogP contribution in [0.5, 0.6) is 0 Å². The van der Waals surface area contributed by atoms with E-state index in [0.717, 1.165) is 47.4 Å². The highest BCUT2D eigenvalue weighted by Gasteiger charge is 2.16. The first kappa shape index (κ1) is 15.8. The number of fused-ring (bicyclic) bond motifs is 2. The van der Waals surface area contributed by atoms with Crippen LogP contribution in [0.15, 0.2) is 27.9 Å². The fourth-order valence-electron chi connectivity index (χ4n) is 3.12. The van der Waals surface area contributed by atoms with Gasteiger partial charge in [-0.15, -0.1) is 0 Å². The molecule has 1 N–H and O–H groups in total. The molecule has 3 aromatic heterocycles. The van der Waals surface area contributed by atoms with Gasteiger partial charge in [0, 0.05) is 25.0 Å². The lowest BCUT2D eigenvalue weighted by atomic mass is 10.1. The molecule has 122 valence electrons. The van der Waals surface area contributed by atoms with Crippen molar-refractivity contribution in [3.8, 4) is 0 Å². The first-order valence-corrected chi connectivity index (χ1v) is 8.87. The van der Waals surface area contributed by atoms with E-state index in [1.807, 2.05) is 6.07 Å². The van der Waals surface area contributed by atoms with Crippen molar-refractivity contribution in [2.45, 2.75) is 33.6 Å². The number of hydrogen-bond acceptors (Lipinski definition) is 4. The Labute approximate surface area is 138 Å². The third-order valence-corrected chi connectivity index (χ3v) is 5.19. The fraction of sp³-hybridized carbons (Fsp3) is 0.412. The summed E-state index contributed by atoms with van der Waals surface area (Å²) in [6, 6.07) is 4.03. The van der Waals surface area contributed by atoms with E-state index in [2.05, 4.69) is 36.1 Å². The van der Waals surface area contributed by atoms with E-state index in [4.69, 9.17) is 0 Å². The average Bonchev–Trinajstić information content (AvgIpc) is 2.94. The molecule has 0 aliphatic heterocycles. The molecule has 6 heteroatoms. The van der Waals surface area contributed by atoms with Crippen molar-refractivity contribution in [3.05, 3.63) is 44.6 Å². The summed E-state index contributed by atoms with van der Waals surface area (Å²) in [5.41, 5.74) is 2.54. The molecule has 3 heterocycles. The van der Waals surface area contributed by atoms with Crippen LogP contribution in [0.3, 0.4) is 0 Å². The van der Waals surface area contributed by atoms with E-state index in [9.17, 15) is 9.59 Å². The normalized spacial score (nSPS) is 11.4. The molecule has 0 aromatic carbocycles. The van der Waals surface area contributed by atoms with Crippen molar-refractivity contribution in [2.24, 2.45) is 0 Å². The number of aromatic amines is 1. The summed E-state index contributed by atoms with van der Waals surface area (Å²) >= 11 is 1.26. The third kappa shape index (κ3) is 2.47. The van der Waals surface area contributed by atoms with Crippen molar-refractivity contribution < 1.29 is 0 Å². The van der Waals surface area contributed by atoms with E-state index >= 15 is 0 Å². The van der Waals surface area contributed by atoms with Crippen LogP contribution >= 0.6 is 11.5 Å². The summed E-state index contributed by atoms with van der Waals surface area (Å²) in [7, 11) is 0. The molecule has 5 nitrogen and oxygen atoms in total. The van der Waals surface area contributed by atoms with Crippen molar-refractivity contribution in [3.63, 3.8) is 0 Å². The Kier molecular flexibility index (Phi) is 4.26. The van der Waals surface area contributed by atoms with Crippen molar-refractivity contribution in [2.75, 3.05) is 18.0 Å². The highest BCUT2D eigenvalue weighted by atomic mass is 32.1. The lowest BCUT2D eigenvalue weighted by Gasteiger charge is -2.23. The summed E-state index contributed by atoms with van der Waals surface area (Å²) in [6.07, 6.45) is 3.64. The van der Waals surface area contributed by atoms with E-state index in [-0.39, 0.29) is 16.5 Å². The Morgan fingerprint density at radius 2 is 2.04 bits per heavy atom. The monoisotopic (exact) mass is 331 g/mol. The molecule has 23 heavy (non-hydrogen) atoms. The lowest BCUT2D eigenvalue weighted by molar-refractivity contribution is 0.791. The Balaban J connectivity index is 2.36. The van der Waals surface area contributed by atoms with Gasteiger partial charge in [0.15, 0.2) is 0 Å². The average molecular weight is 331 g/mol. The molecule has 0 bridgehead atoms. The molecule has 0 atom stereocenters. The van der Waals surface area contributed by atoms with Crippen LogP contribution in [0.2, 0.25) is 0 Å². The van der Waals surface area contributed by atoms with Gasteiger partial charge in [-0.05, 0) is 37.5 Å². The lowest BCUT2D eigenvalue weighted by Crippen LogP contribution is -2.25. The van der Waals surface area contributed by atoms with Crippen molar-refractivity contribution in [1.82, 2.24) is 8.77 Å². The van der Waals surface area contributed by atoms with Crippen molar-refractivity contribution in [1.29, 1.82) is 0 Å². The second kappa shape index (κ2) is 6.20. The number of aromatic nitrogens is 2. The minimum absolute atomic E-state index is 0.236. The molecule has 0 saturated carbocycles. The summed E-state index contributed by atoms with van der Waals surface area (Å²) in [5.74, 6) is 0. The molecule has 3 aromatic rings. The van der Waals surface area contributed by atoms with Gasteiger partial charge in [0.1, 0.15) is 5.39 Å². The van der Waals surface area contributed by atoms with E-state index in [1.54, 1.807) is 10.6 Å². The van der Waals surface area contributed by atoms with Crippen LogP contribution in [0.4, 0.5) is 5.69 Å². The topological polar surface area (TPSA) is 57.6 Å². The fourth-order valence-corrected chi connectivity index (χ4v) is 4.07. The first-order chi connectivity index (χ1) is 11.1. The second-order valence-corrected chi connectivity index (χ2v) is 6.41. The van der Waals surface area contributed by atoms with Gasteiger partial charge < -0.3 is 4.90 Å². The van der Waals surface area contributed by atoms with Gasteiger partial charge in [0.05, 0.1) is 10.2 Å². The highest BCUT2D eigenvalue weighted by molar-refractivity contribution is 7.13. The number of H-pyrrole nitrogens is 1. The predicted octanol–water partition coefficient (Wildman–Crippen LogP) is 3.00. The van der Waals surface area contributed by atoms with E-state index < -0.39 is 0 Å². The minimum atomic E-state index is -0.288. The van der Waals surface area contributed by atoms with Crippen LogP contribution in [-0.2, 0) is 6.42 Å². The molecule has 0 aliphatic rings. The first-order valence-electron chi connectivity index (χ1n) is 8.05. The largest absolute Gasteiger partial charge is 0.372 e. The zero-order valence-electron chi connectivity index (χ0n) is 13.7. The van der Waals surface area contributed by atoms with Gasteiger partial charge in [-0.1, -0.05) is 25.4 Å². The Hall–Kier alpha value is -2.08. The number of nitrogens with one attached hydrogen (secondary N) is 1. The summed E-state index contributed by atoms with van der Waals surface area (Å²) in [4.78, 5) is 26.9. The van der Waals surface area contributed by atoms with Crippen LogP contribution in [0, 0.1) is 0 Å². The Bertz CT molecular complexity index is 968. The quantitative estimate of drug-likeness (QED) is 0.782. The number of nitrogens with zero attached hydrogens (tertiary/aromatic N) is 2. The Morgan fingerprint density at radius 3 is 2.70 bits per heavy atom. The number of aryl methyl sites for hydroxylation is 1. The zero-order valence-corrected chi connectivity index (χ0v) is 14.5. The van der Waals surface area contributed by atoms with Gasteiger partial charge in [-0.3, -0.25) is 18.4 Å². The Morgan fingerprint density at radius 1 is 1.26 bits per heavy atom. The smallest absolute Gasteiger partial charge is 0.271 e. The molecule has 0 aliphatic carbocycles. The standard InChI is InChI=1S/C17H21N3O2S/c1-4-8-19(6-3)11-7-9-20-13(10-11)12(5-2)15-14(17(20)22)16(21)18-23-15/h7,9-10H,4-6,8H2,1-3H3,(H,18,21). The summed E-state index contributed by atoms with van der Waals surface area (Å²) in [6.45, 7) is 8.26. The molecule has 3 rings (SSSR count). The van der Waals surface area contributed by atoms with Crippen LogP contribution in [-0.4, -0.2) is 21.9 Å². The number of rotatable bonds is 5. The highest BCUT2D eigenvalue weighted by Crippen LogP contribution is 2.25. The zero-order chi connectivity index (χ0) is 16.6. The number of anilines is 1. The SMILES string of the molecule is CCCN(CC)c1ccn2c(=O)c3c(=O)[nH]sc3c(CC)c2c1. The summed E-state index contributed by atoms with van der Waals surface area (Å²) < 4.78 is 5.09. The maximum Gasteiger partial charge on any atom is 0.271 e. The van der Waals surface area contributed by atoms with Gasteiger partial charge in [0.2, 0.25) is 0 Å². The molecular formula is C17H21N3O2S. The van der Waals surface area contributed by atoms with Crippen molar-refractivity contribution >= 4 is 32.8 Å². The van der Waals surface area contributed by atoms with E-state index in [0.29, 0.717) is 0 Å². The maximum absolute atomic E-state index is 12.7. The molecule has 0 fully saturated rings. The molecule has 0 amide bonds. The van der Waals surface area contributed by atoms with Crippen LogP contribution < -0.4 is 16.0 Å². The van der Waals surface area contributed by atoms with Gasteiger partial charge in [-0.2, -0.15) is 0 Å². The molecule has 0 spiro atoms. The molecule has 0 unspecified atom stereocenters. The molecular weight excluding hydrogens is 310 g/mol. The van der Waals surface area contributed by atoms with Gasteiger partial charge >= 0.3 is 0 Å². The summed E-state index contributed by atoms with van der Waals surface area (Å²) in [5, 5.41) is 0.276. The maximum atomic E-state index is 12.7. The molecule has 0 radical (unpaired) electrons.